The van der Waals surface area contributed by atoms with E-state index in [-0.39, 0.29) is 0 Å². The van der Waals surface area contributed by atoms with E-state index in [4.69, 9.17) is 0 Å². The van der Waals surface area contributed by atoms with Crippen LogP contribution in [0.3, 0.4) is 0 Å². The molecule has 1 saturated carbocycles. The van der Waals surface area contributed by atoms with Gasteiger partial charge in [-0.05, 0) is 56.3 Å². The molecule has 98 valence electrons. The number of fused-ring (bicyclic) bond motifs is 1. The smallest absolute Gasteiger partial charge is 0.115 e. The third-order valence-electron chi connectivity index (χ3n) is 4.90. The molecule has 3 unspecified atom stereocenters. The highest BCUT2D eigenvalue weighted by atomic mass is 16.3. The SMILES string of the molecule is CC(c1cccc(O)c1)N1CCC2CCCCC21. The molecule has 1 aliphatic heterocycles. The first-order chi connectivity index (χ1) is 8.75. The molecule has 1 heterocycles. The van der Waals surface area contributed by atoms with Gasteiger partial charge in [-0.2, -0.15) is 0 Å². The Morgan fingerprint density at radius 3 is 2.89 bits per heavy atom. The number of likely N-dealkylation sites (tertiary alicyclic amines) is 1. The van der Waals surface area contributed by atoms with Crippen LogP contribution >= 0.6 is 0 Å². The summed E-state index contributed by atoms with van der Waals surface area (Å²) in [6.45, 7) is 3.51. The van der Waals surface area contributed by atoms with E-state index in [0.717, 1.165) is 12.0 Å². The van der Waals surface area contributed by atoms with Crippen LogP contribution in [0.25, 0.3) is 0 Å². The molecule has 0 radical (unpaired) electrons. The van der Waals surface area contributed by atoms with Crippen molar-refractivity contribution in [2.45, 2.75) is 51.1 Å². The third kappa shape index (κ3) is 2.14. The average molecular weight is 245 g/mol. The minimum atomic E-state index is 0.388. The van der Waals surface area contributed by atoms with Crippen LogP contribution in [-0.2, 0) is 0 Å². The highest BCUT2D eigenvalue weighted by molar-refractivity contribution is 5.29. The summed E-state index contributed by atoms with van der Waals surface area (Å²) >= 11 is 0. The van der Waals surface area contributed by atoms with Crippen LogP contribution in [-0.4, -0.2) is 22.6 Å². The van der Waals surface area contributed by atoms with Crippen LogP contribution < -0.4 is 0 Å². The second kappa shape index (κ2) is 4.93. The van der Waals surface area contributed by atoms with E-state index in [1.807, 2.05) is 12.1 Å². The Balaban J connectivity index is 1.78. The van der Waals surface area contributed by atoms with Gasteiger partial charge in [-0.1, -0.05) is 25.0 Å². The Hall–Kier alpha value is -1.02. The van der Waals surface area contributed by atoms with Gasteiger partial charge in [0.05, 0.1) is 0 Å². The summed E-state index contributed by atoms with van der Waals surface area (Å²) in [6.07, 6.45) is 6.98. The van der Waals surface area contributed by atoms with Crippen LogP contribution in [0.4, 0.5) is 0 Å². The fourth-order valence-electron chi connectivity index (χ4n) is 3.90. The van der Waals surface area contributed by atoms with Gasteiger partial charge >= 0.3 is 0 Å². The normalized spacial score (nSPS) is 30.1. The molecule has 2 aliphatic rings. The molecule has 2 nitrogen and oxygen atoms in total. The van der Waals surface area contributed by atoms with Crippen molar-refractivity contribution in [1.82, 2.24) is 4.90 Å². The summed E-state index contributed by atoms with van der Waals surface area (Å²) in [4.78, 5) is 2.67. The first kappa shape index (κ1) is 12.0. The van der Waals surface area contributed by atoms with E-state index >= 15 is 0 Å². The van der Waals surface area contributed by atoms with Gasteiger partial charge < -0.3 is 5.11 Å². The van der Waals surface area contributed by atoms with Gasteiger partial charge in [0.1, 0.15) is 5.75 Å². The molecule has 1 N–H and O–H groups in total. The summed E-state index contributed by atoms with van der Waals surface area (Å²) in [7, 11) is 0. The lowest BCUT2D eigenvalue weighted by molar-refractivity contribution is 0.141. The molecule has 1 aromatic rings. The number of benzene rings is 1. The van der Waals surface area contributed by atoms with Crippen molar-refractivity contribution in [2.75, 3.05) is 6.54 Å². The standard InChI is InChI=1S/C16H23NO/c1-12(14-6-4-7-15(18)11-14)17-10-9-13-5-2-3-8-16(13)17/h4,6-7,11-13,16,18H,2-3,5,8-10H2,1H3. The van der Waals surface area contributed by atoms with Crippen LogP contribution in [0.15, 0.2) is 24.3 Å². The molecule has 1 aliphatic carbocycles. The van der Waals surface area contributed by atoms with E-state index in [0.29, 0.717) is 11.8 Å². The van der Waals surface area contributed by atoms with E-state index < -0.39 is 0 Å². The van der Waals surface area contributed by atoms with Crippen molar-refractivity contribution in [1.29, 1.82) is 0 Å². The van der Waals surface area contributed by atoms with Gasteiger partial charge in [0.15, 0.2) is 0 Å². The van der Waals surface area contributed by atoms with E-state index in [1.165, 1.54) is 44.2 Å². The van der Waals surface area contributed by atoms with Crippen molar-refractivity contribution < 1.29 is 5.11 Å². The molecule has 1 saturated heterocycles. The van der Waals surface area contributed by atoms with Crippen molar-refractivity contribution in [3.05, 3.63) is 29.8 Å². The van der Waals surface area contributed by atoms with Crippen LogP contribution in [0.2, 0.25) is 0 Å². The highest BCUT2D eigenvalue weighted by Crippen LogP contribution is 2.40. The second-order valence-corrected chi connectivity index (χ2v) is 5.91. The largest absolute Gasteiger partial charge is 0.508 e. The lowest BCUT2D eigenvalue weighted by Crippen LogP contribution is -2.36. The second-order valence-electron chi connectivity index (χ2n) is 5.91. The fraction of sp³-hybridized carbons (Fsp3) is 0.625. The zero-order chi connectivity index (χ0) is 12.5. The molecule has 0 spiro atoms. The molecule has 3 rings (SSSR count). The Bertz CT molecular complexity index is 417. The quantitative estimate of drug-likeness (QED) is 0.858. The molecule has 0 bridgehead atoms. The fourth-order valence-corrected chi connectivity index (χ4v) is 3.90. The monoisotopic (exact) mass is 245 g/mol. The topological polar surface area (TPSA) is 23.5 Å². The summed E-state index contributed by atoms with van der Waals surface area (Å²) in [5.41, 5.74) is 1.25. The van der Waals surface area contributed by atoms with E-state index in [1.54, 1.807) is 6.07 Å². The minimum absolute atomic E-state index is 0.388. The maximum atomic E-state index is 9.62. The number of rotatable bonds is 2. The lowest BCUT2D eigenvalue weighted by Gasteiger charge is -2.35. The van der Waals surface area contributed by atoms with Crippen molar-refractivity contribution in [3.8, 4) is 5.75 Å². The summed E-state index contributed by atoms with van der Waals surface area (Å²) in [5, 5.41) is 9.62. The maximum Gasteiger partial charge on any atom is 0.115 e. The number of phenols is 1. The molecule has 2 fully saturated rings. The van der Waals surface area contributed by atoms with Gasteiger partial charge in [0.2, 0.25) is 0 Å². The molecule has 3 atom stereocenters. The zero-order valence-electron chi connectivity index (χ0n) is 11.2. The first-order valence-corrected chi connectivity index (χ1v) is 7.30. The van der Waals surface area contributed by atoms with Crippen molar-refractivity contribution in [3.63, 3.8) is 0 Å². The summed E-state index contributed by atoms with van der Waals surface area (Å²) in [6, 6.07) is 8.99. The van der Waals surface area contributed by atoms with E-state index in [2.05, 4.69) is 17.9 Å². The number of hydrogen-bond acceptors (Lipinski definition) is 2. The predicted octanol–water partition coefficient (Wildman–Crippen LogP) is 3.72. The van der Waals surface area contributed by atoms with Gasteiger partial charge in [0.25, 0.3) is 0 Å². The minimum Gasteiger partial charge on any atom is -0.508 e. The Kier molecular flexibility index (Phi) is 3.29. The number of nitrogens with zero attached hydrogens (tertiary/aromatic N) is 1. The Morgan fingerprint density at radius 1 is 1.22 bits per heavy atom. The maximum absolute atomic E-state index is 9.62. The van der Waals surface area contributed by atoms with Gasteiger partial charge in [0, 0.05) is 12.1 Å². The lowest BCUT2D eigenvalue weighted by atomic mass is 9.85. The molecule has 2 heteroatoms. The zero-order valence-corrected chi connectivity index (χ0v) is 11.2. The molecule has 0 amide bonds. The molecule has 0 aromatic heterocycles. The summed E-state index contributed by atoms with van der Waals surface area (Å²) in [5.74, 6) is 1.32. The van der Waals surface area contributed by atoms with Crippen LogP contribution in [0, 0.1) is 5.92 Å². The van der Waals surface area contributed by atoms with Gasteiger partial charge in [-0.15, -0.1) is 0 Å². The Labute approximate surface area is 110 Å². The van der Waals surface area contributed by atoms with Gasteiger partial charge in [-0.25, -0.2) is 0 Å². The highest BCUT2D eigenvalue weighted by Gasteiger charge is 2.37. The van der Waals surface area contributed by atoms with Crippen LogP contribution in [0.1, 0.15) is 50.6 Å². The van der Waals surface area contributed by atoms with Crippen molar-refractivity contribution in [2.24, 2.45) is 5.92 Å². The average Bonchev–Trinajstić information content (AvgIpc) is 2.82. The first-order valence-electron chi connectivity index (χ1n) is 7.30. The number of phenolic OH excluding ortho intramolecular Hbond substituents is 1. The van der Waals surface area contributed by atoms with Crippen molar-refractivity contribution >= 4 is 0 Å². The summed E-state index contributed by atoms with van der Waals surface area (Å²) < 4.78 is 0. The Morgan fingerprint density at radius 2 is 2.06 bits per heavy atom. The van der Waals surface area contributed by atoms with E-state index in [9.17, 15) is 5.11 Å². The molecular formula is C16H23NO. The molecule has 1 aromatic carbocycles. The third-order valence-corrected chi connectivity index (χ3v) is 4.90. The predicted molar refractivity (Wildman–Crippen MR) is 73.6 cm³/mol. The number of aromatic hydroxyl groups is 1. The van der Waals surface area contributed by atoms with Crippen LogP contribution in [0.5, 0.6) is 5.75 Å². The molecular weight excluding hydrogens is 222 g/mol. The molecule has 18 heavy (non-hydrogen) atoms. The van der Waals surface area contributed by atoms with Gasteiger partial charge in [-0.3, -0.25) is 4.90 Å². The number of hydrogen-bond donors (Lipinski definition) is 1.